The Morgan fingerprint density at radius 2 is 1.65 bits per heavy atom. The molecule has 134 valence electrons. The molecule has 0 spiro atoms. The molecular weight excluding hydrogens is 374 g/mol. The number of nitrogens with one attached hydrogen (secondary N) is 1. The fourth-order valence-electron chi connectivity index (χ4n) is 2.24. The molecule has 3 aromatic rings. The number of hydrogen-bond acceptors (Lipinski definition) is 5. The first-order valence-corrected chi connectivity index (χ1v) is 9.69. The molecule has 0 amide bonds. The quantitative estimate of drug-likeness (QED) is 0.689. The topological polar surface area (TPSA) is 81.2 Å². The van der Waals surface area contributed by atoms with Gasteiger partial charge in [0, 0.05) is 22.3 Å². The van der Waals surface area contributed by atoms with E-state index in [0.717, 1.165) is 5.56 Å². The van der Waals surface area contributed by atoms with Crippen LogP contribution in [0.1, 0.15) is 6.92 Å². The van der Waals surface area contributed by atoms with Crippen LogP contribution in [-0.2, 0) is 10.0 Å². The molecule has 1 aromatic heterocycles. The van der Waals surface area contributed by atoms with Crippen molar-refractivity contribution >= 4 is 27.3 Å². The van der Waals surface area contributed by atoms with Gasteiger partial charge in [-0.05, 0) is 49.4 Å². The molecule has 6 nitrogen and oxygen atoms in total. The Balaban J connectivity index is 1.76. The lowest BCUT2D eigenvalue weighted by molar-refractivity contribution is 0.323. The summed E-state index contributed by atoms with van der Waals surface area (Å²) in [6.45, 7) is 2.40. The first kappa shape index (κ1) is 18.2. The third-order valence-corrected chi connectivity index (χ3v) is 5.14. The molecule has 0 fully saturated rings. The molecule has 1 N–H and O–H groups in total. The van der Waals surface area contributed by atoms with Gasteiger partial charge in [0.1, 0.15) is 0 Å². The van der Waals surface area contributed by atoms with Crippen LogP contribution in [0.2, 0.25) is 5.02 Å². The number of nitrogens with zero attached hydrogens (tertiary/aromatic N) is 2. The lowest BCUT2D eigenvalue weighted by Gasteiger charge is -2.09. The van der Waals surface area contributed by atoms with Crippen molar-refractivity contribution in [3.05, 3.63) is 65.7 Å². The van der Waals surface area contributed by atoms with Crippen LogP contribution in [-0.4, -0.2) is 25.2 Å². The van der Waals surface area contributed by atoms with Crippen LogP contribution in [0.5, 0.6) is 5.88 Å². The molecule has 0 atom stereocenters. The summed E-state index contributed by atoms with van der Waals surface area (Å²) in [7, 11) is -3.67. The van der Waals surface area contributed by atoms with Gasteiger partial charge in [0.25, 0.3) is 10.0 Å². The predicted octanol–water partition coefficient (Wildman–Crippen LogP) is 4.00. The minimum Gasteiger partial charge on any atom is -0.477 e. The van der Waals surface area contributed by atoms with Crippen molar-refractivity contribution in [2.24, 2.45) is 0 Å². The van der Waals surface area contributed by atoms with Crippen molar-refractivity contribution in [2.75, 3.05) is 11.3 Å². The molecule has 0 saturated heterocycles. The Bertz CT molecular complexity index is 974. The van der Waals surface area contributed by atoms with E-state index in [1.165, 1.54) is 24.3 Å². The SMILES string of the molecule is CCOc1ccc(-c2ccc(NS(=O)(=O)c3ccc(Cl)cc3)cc2)nn1. The maximum absolute atomic E-state index is 12.4. The average molecular weight is 390 g/mol. The normalized spacial score (nSPS) is 11.2. The third-order valence-electron chi connectivity index (χ3n) is 3.49. The maximum Gasteiger partial charge on any atom is 0.261 e. The van der Waals surface area contributed by atoms with Gasteiger partial charge in [-0.15, -0.1) is 10.2 Å². The van der Waals surface area contributed by atoms with E-state index in [-0.39, 0.29) is 4.90 Å². The Hall–Kier alpha value is -2.64. The van der Waals surface area contributed by atoms with Crippen LogP contribution in [0.3, 0.4) is 0 Å². The minimum absolute atomic E-state index is 0.142. The molecule has 0 unspecified atom stereocenters. The zero-order chi connectivity index (χ0) is 18.6. The van der Waals surface area contributed by atoms with Crippen molar-refractivity contribution in [1.82, 2.24) is 10.2 Å². The van der Waals surface area contributed by atoms with E-state index in [2.05, 4.69) is 14.9 Å². The Morgan fingerprint density at radius 1 is 0.962 bits per heavy atom. The van der Waals surface area contributed by atoms with Crippen LogP contribution in [0, 0.1) is 0 Å². The smallest absolute Gasteiger partial charge is 0.261 e. The Morgan fingerprint density at radius 3 is 2.23 bits per heavy atom. The molecule has 0 aliphatic heterocycles. The molecule has 3 rings (SSSR count). The number of hydrogen-bond donors (Lipinski definition) is 1. The highest BCUT2D eigenvalue weighted by Gasteiger charge is 2.14. The number of anilines is 1. The maximum atomic E-state index is 12.4. The molecule has 2 aromatic carbocycles. The van der Waals surface area contributed by atoms with Crippen LogP contribution < -0.4 is 9.46 Å². The molecule has 0 saturated carbocycles. The largest absolute Gasteiger partial charge is 0.477 e. The van der Waals surface area contributed by atoms with Crippen LogP contribution >= 0.6 is 11.6 Å². The second-order valence-corrected chi connectivity index (χ2v) is 7.45. The van der Waals surface area contributed by atoms with Crippen LogP contribution in [0.15, 0.2) is 65.6 Å². The van der Waals surface area contributed by atoms with Gasteiger partial charge >= 0.3 is 0 Å². The molecular formula is C18H16ClN3O3S. The summed E-state index contributed by atoms with van der Waals surface area (Å²) in [6.07, 6.45) is 0. The Labute approximate surface area is 156 Å². The van der Waals surface area contributed by atoms with E-state index in [9.17, 15) is 8.42 Å². The van der Waals surface area contributed by atoms with Gasteiger partial charge in [-0.2, -0.15) is 0 Å². The van der Waals surface area contributed by atoms with Crippen molar-refractivity contribution in [3.63, 3.8) is 0 Å². The summed E-state index contributed by atoms with van der Waals surface area (Å²) < 4.78 is 32.5. The Kier molecular flexibility index (Phi) is 5.39. The van der Waals surface area contributed by atoms with E-state index in [1.807, 2.05) is 6.92 Å². The summed E-state index contributed by atoms with van der Waals surface area (Å²) in [5, 5.41) is 8.56. The molecule has 0 aliphatic carbocycles. The van der Waals surface area contributed by atoms with Crippen molar-refractivity contribution in [2.45, 2.75) is 11.8 Å². The number of ether oxygens (including phenoxy) is 1. The zero-order valence-corrected chi connectivity index (χ0v) is 15.5. The number of halogens is 1. The van der Waals surface area contributed by atoms with Gasteiger partial charge in [-0.3, -0.25) is 4.72 Å². The summed E-state index contributed by atoms with van der Waals surface area (Å²) in [4.78, 5) is 0.142. The van der Waals surface area contributed by atoms with Crippen molar-refractivity contribution < 1.29 is 13.2 Å². The van der Waals surface area contributed by atoms with E-state index in [0.29, 0.717) is 28.9 Å². The van der Waals surface area contributed by atoms with E-state index < -0.39 is 10.0 Å². The van der Waals surface area contributed by atoms with Crippen molar-refractivity contribution in [3.8, 4) is 17.1 Å². The van der Waals surface area contributed by atoms with Crippen molar-refractivity contribution in [1.29, 1.82) is 0 Å². The molecule has 26 heavy (non-hydrogen) atoms. The first-order chi connectivity index (χ1) is 12.5. The zero-order valence-electron chi connectivity index (χ0n) is 13.9. The molecule has 0 bridgehead atoms. The van der Waals surface area contributed by atoms with Gasteiger partial charge in [-0.25, -0.2) is 8.42 Å². The molecule has 0 aliphatic rings. The fraction of sp³-hybridized carbons (Fsp3) is 0.111. The summed E-state index contributed by atoms with van der Waals surface area (Å²) >= 11 is 5.79. The molecule has 1 heterocycles. The highest BCUT2D eigenvalue weighted by Crippen LogP contribution is 2.22. The third kappa shape index (κ3) is 4.30. The van der Waals surface area contributed by atoms with Gasteiger partial charge in [-0.1, -0.05) is 23.7 Å². The highest BCUT2D eigenvalue weighted by atomic mass is 35.5. The lowest BCUT2D eigenvalue weighted by atomic mass is 10.1. The van der Waals surface area contributed by atoms with Gasteiger partial charge in [0.2, 0.25) is 5.88 Å². The summed E-state index contributed by atoms with van der Waals surface area (Å²) in [6, 6.07) is 16.4. The fourth-order valence-corrected chi connectivity index (χ4v) is 3.42. The molecule has 0 radical (unpaired) electrons. The van der Waals surface area contributed by atoms with Gasteiger partial charge in [0.15, 0.2) is 0 Å². The van der Waals surface area contributed by atoms with E-state index in [1.54, 1.807) is 36.4 Å². The number of rotatable bonds is 6. The first-order valence-electron chi connectivity index (χ1n) is 7.83. The second kappa shape index (κ2) is 7.72. The van der Waals surface area contributed by atoms with E-state index in [4.69, 9.17) is 16.3 Å². The summed E-state index contributed by atoms with van der Waals surface area (Å²) in [5.41, 5.74) is 1.93. The number of sulfonamides is 1. The van der Waals surface area contributed by atoms with Crippen LogP contribution in [0.4, 0.5) is 5.69 Å². The average Bonchev–Trinajstić information content (AvgIpc) is 2.63. The second-order valence-electron chi connectivity index (χ2n) is 5.33. The van der Waals surface area contributed by atoms with Gasteiger partial charge < -0.3 is 4.74 Å². The highest BCUT2D eigenvalue weighted by molar-refractivity contribution is 7.92. The monoisotopic (exact) mass is 389 g/mol. The minimum atomic E-state index is -3.67. The number of benzene rings is 2. The van der Waals surface area contributed by atoms with Crippen LogP contribution in [0.25, 0.3) is 11.3 Å². The van der Waals surface area contributed by atoms with Gasteiger partial charge in [0.05, 0.1) is 17.2 Å². The molecule has 8 heteroatoms. The van der Waals surface area contributed by atoms with E-state index >= 15 is 0 Å². The predicted molar refractivity (Wildman–Crippen MR) is 101 cm³/mol. The lowest BCUT2D eigenvalue weighted by Crippen LogP contribution is -2.12. The summed E-state index contributed by atoms with van der Waals surface area (Å²) in [5.74, 6) is 0.462. The standard InChI is InChI=1S/C18H16ClN3O3S/c1-2-25-18-12-11-17(20-21-18)13-3-7-15(8-4-13)22-26(23,24)16-9-5-14(19)6-10-16/h3-12,22H,2H2,1H3. The number of aromatic nitrogens is 2.